The van der Waals surface area contributed by atoms with Crippen molar-refractivity contribution in [3.8, 4) is 0 Å². The molecule has 1 fully saturated rings. The van der Waals surface area contributed by atoms with Crippen LogP contribution in [0.3, 0.4) is 0 Å². The molecular formula is C22H30N4O2S. The van der Waals surface area contributed by atoms with Crippen molar-refractivity contribution >= 4 is 15.8 Å². The minimum atomic E-state index is -3.25. The Bertz CT molecular complexity index is 962. The van der Waals surface area contributed by atoms with Crippen LogP contribution in [0.15, 0.2) is 30.3 Å². The Labute approximate surface area is 174 Å². The van der Waals surface area contributed by atoms with Gasteiger partial charge in [0, 0.05) is 30.9 Å². The standard InChI is InChI=1S/C22H30N4O2S/c1-3-29(27,28)26-15-8-12-20(26)21-23-17(2)19-11-7-14-25(22(19)24-21)16-13-18-9-5-4-6-10-18/h4-6,9-10,20H,3,7-8,11-16H2,1-2H3. The molecule has 1 saturated heterocycles. The van der Waals surface area contributed by atoms with Crippen molar-refractivity contribution in [3.05, 3.63) is 53.0 Å². The lowest BCUT2D eigenvalue weighted by Crippen LogP contribution is -2.35. The summed E-state index contributed by atoms with van der Waals surface area (Å²) >= 11 is 0. The highest BCUT2D eigenvalue weighted by molar-refractivity contribution is 7.89. The smallest absolute Gasteiger partial charge is 0.214 e. The molecule has 1 atom stereocenters. The summed E-state index contributed by atoms with van der Waals surface area (Å²) in [6.45, 7) is 6.21. The average molecular weight is 415 g/mol. The maximum Gasteiger partial charge on any atom is 0.214 e. The third-order valence-electron chi connectivity index (χ3n) is 6.10. The second-order valence-corrected chi connectivity index (χ2v) is 10.2. The summed E-state index contributed by atoms with van der Waals surface area (Å²) in [5, 5.41) is 0. The van der Waals surface area contributed by atoms with E-state index in [2.05, 4.69) is 29.2 Å². The molecule has 2 aliphatic rings. The molecule has 0 spiro atoms. The van der Waals surface area contributed by atoms with Gasteiger partial charge in [-0.15, -0.1) is 0 Å². The first kappa shape index (κ1) is 20.3. The third-order valence-corrected chi connectivity index (χ3v) is 7.98. The molecule has 1 unspecified atom stereocenters. The highest BCUT2D eigenvalue weighted by Gasteiger charge is 2.37. The van der Waals surface area contributed by atoms with Gasteiger partial charge in [-0.25, -0.2) is 18.4 Å². The van der Waals surface area contributed by atoms with Crippen LogP contribution in [0.5, 0.6) is 0 Å². The van der Waals surface area contributed by atoms with E-state index in [4.69, 9.17) is 9.97 Å². The monoisotopic (exact) mass is 414 g/mol. The molecule has 0 aliphatic carbocycles. The number of rotatable bonds is 6. The minimum absolute atomic E-state index is 0.122. The molecule has 0 bridgehead atoms. The Morgan fingerprint density at radius 3 is 2.66 bits per heavy atom. The third kappa shape index (κ3) is 4.16. The van der Waals surface area contributed by atoms with Crippen molar-refractivity contribution < 1.29 is 8.42 Å². The van der Waals surface area contributed by atoms with E-state index in [9.17, 15) is 8.42 Å². The van der Waals surface area contributed by atoms with Crippen molar-refractivity contribution in [2.45, 2.75) is 52.0 Å². The van der Waals surface area contributed by atoms with Crippen LogP contribution in [0.1, 0.15) is 54.9 Å². The molecule has 29 heavy (non-hydrogen) atoms. The number of aryl methyl sites for hydroxylation is 1. The number of sulfonamides is 1. The molecule has 2 aromatic rings. The molecule has 1 aromatic carbocycles. The van der Waals surface area contributed by atoms with Gasteiger partial charge < -0.3 is 4.90 Å². The second kappa shape index (κ2) is 8.40. The van der Waals surface area contributed by atoms with Crippen LogP contribution in [0.2, 0.25) is 0 Å². The summed E-state index contributed by atoms with van der Waals surface area (Å²) in [6.07, 6.45) is 4.72. The number of fused-ring (bicyclic) bond motifs is 1. The Balaban J connectivity index is 1.63. The maximum absolute atomic E-state index is 12.5. The fourth-order valence-corrected chi connectivity index (χ4v) is 5.81. The van der Waals surface area contributed by atoms with Gasteiger partial charge in [-0.1, -0.05) is 30.3 Å². The number of benzene rings is 1. The molecule has 0 amide bonds. The number of hydrogen-bond donors (Lipinski definition) is 0. The molecule has 4 rings (SSSR count). The lowest BCUT2D eigenvalue weighted by Gasteiger charge is -2.32. The molecule has 0 N–H and O–H groups in total. The first-order valence-corrected chi connectivity index (χ1v) is 12.3. The molecule has 1 aromatic heterocycles. The van der Waals surface area contributed by atoms with Gasteiger partial charge in [0.1, 0.15) is 11.6 Å². The second-order valence-electron chi connectivity index (χ2n) is 7.96. The van der Waals surface area contributed by atoms with Crippen LogP contribution < -0.4 is 4.90 Å². The van der Waals surface area contributed by atoms with Crippen LogP contribution >= 0.6 is 0 Å². The van der Waals surface area contributed by atoms with Crippen molar-refractivity contribution in [1.82, 2.24) is 14.3 Å². The summed E-state index contributed by atoms with van der Waals surface area (Å²) in [5.41, 5.74) is 3.53. The first-order chi connectivity index (χ1) is 14.0. The lowest BCUT2D eigenvalue weighted by molar-refractivity contribution is 0.383. The highest BCUT2D eigenvalue weighted by atomic mass is 32.2. The van der Waals surface area contributed by atoms with Gasteiger partial charge in [-0.2, -0.15) is 4.31 Å². The van der Waals surface area contributed by atoms with E-state index >= 15 is 0 Å². The van der Waals surface area contributed by atoms with E-state index in [0.29, 0.717) is 12.4 Å². The van der Waals surface area contributed by atoms with E-state index in [-0.39, 0.29) is 11.8 Å². The molecular weight excluding hydrogens is 384 g/mol. The lowest BCUT2D eigenvalue weighted by atomic mass is 10.0. The van der Waals surface area contributed by atoms with Gasteiger partial charge in [0.2, 0.25) is 10.0 Å². The van der Waals surface area contributed by atoms with Gasteiger partial charge >= 0.3 is 0 Å². The zero-order valence-corrected chi connectivity index (χ0v) is 18.2. The molecule has 156 valence electrons. The number of anilines is 1. The molecule has 3 heterocycles. The van der Waals surface area contributed by atoms with Crippen LogP contribution in [-0.2, 0) is 22.9 Å². The van der Waals surface area contributed by atoms with Crippen molar-refractivity contribution in [1.29, 1.82) is 0 Å². The van der Waals surface area contributed by atoms with Gasteiger partial charge in [0.15, 0.2) is 0 Å². The topological polar surface area (TPSA) is 66.4 Å². The zero-order chi connectivity index (χ0) is 20.4. The number of nitrogens with zero attached hydrogens (tertiary/aromatic N) is 4. The quantitative estimate of drug-likeness (QED) is 0.726. The molecule has 0 saturated carbocycles. The summed E-state index contributed by atoms with van der Waals surface area (Å²) < 4.78 is 26.7. The summed E-state index contributed by atoms with van der Waals surface area (Å²) in [6, 6.07) is 10.3. The molecule has 2 aliphatic heterocycles. The van der Waals surface area contributed by atoms with E-state index < -0.39 is 10.0 Å². The SMILES string of the molecule is CCS(=O)(=O)N1CCCC1c1nc(C)c2c(n1)N(CCc1ccccc1)CCC2. The fourth-order valence-electron chi connectivity index (χ4n) is 4.48. The Hall–Kier alpha value is -1.99. The molecule has 0 radical (unpaired) electrons. The van der Waals surface area contributed by atoms with E-state index in [1.54, 1.807) is 11.2 Å². The average Bonchev–Trinajstić information content (AvgIpc) is 3.24. The zero-order valence-electron chi connectivity index (χ0n) is 17.3. The Morgan fingerprint density at radius 2 is 1.90 bits per heavy atom. The number of hydrogen-bond acceptors (Lipinski definition) is 5. The summed E-state index contributed by atoms with van der Waals surface area (Å²) in [4.78, 5) is 12.1. The minimum Gasteiger partial charge on any atom is -0.356 e. The van der Waals surface area contributed by atoms with Crippen LogP contribution in [0.4, 0.5) is 5.82 Å². The molecule has 7 heteroatoms. The Morgan fingerprint density at radius 1 is 1.10 bits per heavy atom. The van der Waals surface area contributed by atoms with E-state index in [1.807, 2.05) is 13.0 Å². The van der Waals surface area contributed by atoms with Gasteiger partial charge in [-0.3, -0.25) is 0 Å². The largest absolute Gasteiger partial charge is 0.356 e. The Kier molecular flexibility index (Phi) is 5.88. The van der Waals surface area contributed by atoms with Gasteiger partial charge in [-0.05, 0) is 51.5 Å². The van der Waals surface area contributed by atoms with Gasteiger partial charge in [0.05, 0.1) is 11.8 Å². The van der Waals surface area contributed by atoms with Crippen LogP contribution in [-0.4, -0.2) is 48.1 Å². The van der Waals surface area contributed by atoms with Gasteiger partial charge in [0.25, 0.3) is 0 Å². The van der Waals surface area contributed by atoms with Crippen LogP contribution in [0, 0.1) is 6.92 Å². The molecule has 6 nitrogen and oxygen atoms in total. The van der Waals surface area contributed by atoms with Crippen molar-refractivity contribution in [2.24, 2.45) is 0 Å². The summed E-state index contributed by atoms with van der Waals surface area (Å²) in [7, 11) is -3.25. The fraction of sp³-hybridized carbons (Fsp3) is 0.545. The predicted octanol–water partition coefficient (Wildman–Crippen LogP) is 3.27. The predicted molar refractivity (Wildman–Crippen MR) is 116 cm³/mol. The van der Waals surface area contributed by atoms with Crippen molar-refractivity contribution in [3.63, 3.8) is 0 Å². The highest BCUT2D eigenvalue weighted by Crippen LogP contribution is 2.35. The maximum atomic E-state index is 12.5. The van der Waals surface area contributed by atoms with E-state index in [1.165, 1.54) is 11.1 Å². The van der Waals surface area contributed by atoms with Crippen molar-refractivity contribution in [2.75, 3.05) is 30.3 Å². The number of aromatic nitrogens is 2. The van der Waals surface area contributed by atoms with E-state index in [0.717, 1.165) is 56.7 Å². The normalized spacial score (nSPS) is 20.1. The van der Waals surface area contributed by atoms with Crippen LogP contribution in [0.25, 0.3) is 0 Å². The first-order valence-electron chi connectivity index (χ1n) is 10.7. The summed E-state index contributed by atoms with van der Waals surface area (Å²) in [5.74, 6) is 1.80.